The van der Waals surface area contributed by atoms with Crippen molar-refractivity contribution >= 4 is 0 Å². The third-order valence-electron chi connectivity index (χ3n) is 1.52. The van der Waals surface area contributed by atoms with E-state index in [-0.39, 0.29) is 6.04 Å². The Labute approximate surface area is 67.5 Å². The molecule has 2 nitrogen and oxygen atoms in total. The Morgan fingerprint density at radius 2 is 2.36 bits per heavy atom. The van der Waals surface area contributed by atoms with Gasteiger partial charge in [-0.05, 0) is 38.0 Å². The van der Waals surface area contributed by atoms with Crippen molar-refractivity contribution < 1.29 is 0 Å². The minimum atomic E-state index is 0.233. The molecule has 1 atom stereocenters. The van der Waals surface area contributed by atoms with Crippen molar-refractivity contribution in [3.05, 3.63) is 29.6 Å². The normalized spacial score (nSPS) is 13.0. The smallest absolute Gasteiger partial charge is 0.0375 e. The SMILES string of the molecule is Cc1cc(CC(C)N)ccn1. The summed E-state index contributed by atoms with van der Waals surface area (Å²) in [6, 6.07) is 4.32. The largest absolute Gasteiger partial charge is 0.328 e. The van der Waals surface area contributed by atoms with Crippen LogP contribution in [0, 0.1) is 6.92 Å². The van der Waals surface area contributed by atoms with Crippen LogP contribution in [0.2, 0.25) is 0 Å². The molecule has 1 rings (SSSR count). The molecular formula is C9H14N2. The lowest BCUT2D eigenvalue weighted by Gasteiger charge is -2.04. The van der Waals surface area contributed by atoms with Gasteiger partial charge in [0.05, 0.1) is 0 Å². The van der Waals surface area contributed by atoms with Gasteiger partial charge in [-0.3, -0.25) is 4.98 Å². The number of nitrogens with zero attached hydrogens (tertiary/aromatic N) is 1. The van der Waals surface area contributed by atoms with Crippen LogP contribution >= 0.6 is 0 Å². The second-order valence-corrected chi connectivity index (χ2v) is 2.99. The van der Waals surface area contributed by atoms with Crippen LogP contribution in [0.3, 0.4) is 0 Å². The highest BCUT2D eigenvalue weighted by molar-refractivity contribution is 5.16. The molecule has 60 valence electrons. The van der Waals surface area contributed by atoms with E-state index in [1.165, 1.54) is 5.56 Å². The number of nitrogens with two attached hydrogens (primary N) is 1. The van der Waals surface area contributed by atoms with E-state index in [0.29, 0.717) is 0 Å². The molecule has 0 amide bonds. The maximum absolute atomic E-state index is 5.65. The van der Waals surface area contributed by atoms with Crippen molar-refractivity contribution in [2.24, 2.45) is 5.73 Å². The fourth-order valence-corrected chi connectivity index (χ4v) is 1.10. The van der Waals surface area contributed by atoms with E-state index in [1.54, 1.807) is 0 Å². The lowest BCUT2D eigenvalue weighted by molar-refractivity contribution is 0.736. The summed E-state index contributed by atoms with van der Waals surface area (Å²) in [5, 5.41) is 0. The van der Waals surface area contributed by atoms with Crippen LogP contribution in [-0.4, -0.2) is 11.0 Å². The summed E-state index contributed by atoms with van der Waals surface area (Å²) in [5.74, 6) is 0. The predicted molar refractivity (Wildman–Crippen MR) is 46.3 cm³/mol. The first-order chi connectivity index (χ1) is 5.18. The van der Waals surface area contributed by atoms with Gasteiger partial charge in [0, 0.05) is 17.9 Å². The van der Waals surface area contributed by atoms with Gasteiger partial charge in [-0.25, -0.2) is 0 Å². The number of pyridine rings is 1. The molecule has 0 saturated heterocycles. The molecule has 0 radical (unpaired) electrons. The Morgan fingerprint density at radius 1 is 1.64 bits per heavy atom. The summed E-state index contributed by atoms with van der Waals surface area (Å²) in [4.78, 5) is 4.11. The van der Waals surface area contributed by atoms with Crippen molar-refractivity contribution in [2.75, 3.05) is 0 Å². The number of hydrogen-bond donors (Lipinski definition) is 1. The third kappa shape index (κ3) is 2.68. The number of aryl methyl sites for hydroxylation is 1. The first-order valence-corrected chi connectivity index (χ1v) is 3.85. The van der Waals surface area contributed by atoms with Gasteiger partial charge in [-0.15, -0.1) is 0 Å². The van der Waals surface area contributed by atoms with Gasteiger partial charge in [0.25, 0.3) is 0 Å². The molecule has 2 heteroatoms. The molecule has 0 aliphatic carbocycles. The standard InChI is InChI=1S/C9H14N2/c1-7(10)5-9-3-4-11-8(2)6-9/h3-4,6-7H,5,10H2,1-2H3. The molecule has 0 bridgehead atoms. The van der Waals surface area contributed by atoms with Crippen LogP contribution in [0.5, 0.6) is 0 Å². The van der Waals surface area contributed by atoms with E-state index >= 15 is 0 Å². The molecule has 0 saturated carbocycles. The summed E-state index contributed by atoms with van der Waals surface area (Å²) < 4.78 is 0. The second-order valence-electron chi connectivity index (χ2n) is 2.99. The average molecular weight is 150 g/mol. The molecule has 1 unspecified atom stereocenters. The van der Waals surface area contributed by atoms with E-state index in [0.717, 1.165) is 12.1 Å². The highest BCUT2D eigenvalue weighted by Crippen LogP contribution is 2.02. The summed E-state index contributed by atoms with van der Waals surface area (Å²) in [5.41, 5.74) is 7.98. The van der Waals surface area contributed by atoms with Crippen LogP contribution < -0.4 is 5.73 Å². The zero-order valence-electron chi connectivity index (χ0n) is 7.04. The van der Waals surface area contributed by atoms with Gasteiger partial charge >= 0.3 is 0 Å². The Morgan fingerprint density at radius 3 is 2.91 bits per heavy atom. The van der Waals surface area contributed by atoms with Crippen LogP contribution in [0.15, 0.2) is 18.3 Å². The summed E-state index contributed by atoms with van der Waals surface area (Å²) in [6.07, 6.45) is 2.76. The topological polar surface area (TPSA) is 38.9 Å². The average Bonchev–Trinajstić information content (AvgIpc) is 1.85. The van der Waals surface area contributed by atoms with Crippen molar-refractivity contribution in [2.45, 2.75) is 26.3 Å². The molecule has 2 N–H and O–H groups in total. The zero-order valence-corrected chi connectivity index (χ0v) is 7.04. The zero-order chi connectivity index (χ0) is 8.27. The first-order valence-electron chi connectivity index (χ1n) is 3.85. The van der Waals surface area contributed by atoms with E-state index in [2.05, 4.69) is 11.1 Å². The molecule has 1 aromatic heterocycles. The maximum Gasteiger partial charge on any atom is 0.0375 e. The highest BCUT2D eigenvalue weighted by Gasteiger charge is 1.96. The predicted octanol–water partition coefficient (Wildman–Crippen LogP) is 1.28. The molecule has 0 spiro atoms. The van der Waals surface area contributed by atoms with E-state index in [4.69, 9.17) is 5.73 Å². The summed E-state index contributed by atoms with van der Waals surface area (Å²) in [6.45, 7) is 4.00. The van der Waals surface area contributed by atoms with Gasteiger partial charge in [0.1, 0.15) is 0 Å². The quantitative estimate of drug-likeness (QED) is 0.689. The molecule has 1 aromatic rings. The third-order valence-corrected chi connectivity index (χ3v) is 1.52. The molecular weight excluding hydrogens is 136 g/mol. The Bertz CT molecular complexity index is 231. The minimum absolute atomic E-state index is 0.233. The van der Waals surface area contributed by atoms with E-state index in [1.807, 2.05) is 26.1 Å². The minimum Gasteiger partial charge on any atom is -0.328 e. The second kappa shape index (κ2) is 3.49. The lowest BCUT2D eigenvalue weighted by atomic mass is 10.1. The molecule has 0 fully saturated rings. The van der Waals surface area contributed by atoms with E-state index < -0.39 is 0 Å². The monoisotopic (exact) mass is 150 g/mol. The lowest BCUT2D eigenvalue weighted by Crippen LogP contribution is -2.17. The van der Waals surface area contributed by atoms with Crippen molar-refractivity contribution in [3.8, 4) is 0 Å². The number of hydrogen-bond acceptors (Lipinski definition) is 2. The highest BCUT2D eigenvalue weighted by atomic mass is 14.7. The molecule has 1 heterocycles. The number of rotatable bonds is 2. The molecule has 11 heavy (non-hydrogen) atoms. The summed E-state index contributed by atoms with van der Waals surface area (Å²) in [7, 11) is 0. The maximum atomic E-state index is 5.65. The van der Waals surface area contributed by atoms with Gasteiger partial charge in [0.15, 0.2) is 0 Å². The molecule has 0 aliphatic heterocycles. The number of aromatic nitrogens is 1. The van der Waals surface area contributed by atoms with Gasteiger partial charge in [0.2, 0.25) is 0 Å². The fourth-order valence-electron chi connectivity index (χ4n) is 1.10. The van der Waals surface area contributed by atoms with Crippen molar-refractivity contribution in [3.63, 3.8) is 0 Å². The fraction of sp³-hybridized carbons (Fsp3) is 0.444. The van der Waals surface area contributed by atoms with Gasteiger partial charge in [-0.2, -0.15) is 0 Å². The van der Waals surface area contributed by atoms with Gasteiger partial charge in [-0.1, -0.05) is 0 Å². The Hall–Kier alpha value is -0.890. The van der Waals surface area contributed by atoms with Crippen LogP contribution in [0.25, 0.3) is 0 Å². The van der Waals surface area contributed by atoms with Crippen molar-refractivity contribution in [1.82, 2.24) is 4.98 Å². The Balaban J connectivity index is 2.71. The molecule has 0 aliphatic rings. The molecule has 0 aromatic carbocycles. The van der Waals surface area contributed by atoms with Gasteiger partial charge < -0.3 is 5.73 Å². The van der Waals surface area contributed by atoms with Crippen LogP contribution in [-0.2, 0) is 6.42 Å². The van der Waals surface area contributed by atoms with Crippen LogP contribution in [0.4, 0.5) is 0 Å². The first kappa shape index (κ1) is 8.21. The van der Waals surface area contributed by atoms with E-state index in [9.17, 15) is 0 Å². The Kier molecular flexibility index (Phi) is 2.60. The summed E-state index contributed by atoms with van der Waals surface area (Å²) >= 11 is 0. The van der Waals surface area contributed by atoms with Crippen LogP contribution in [0.1, 0.15) is 18.2 Å². The van der Waals surface area contributed by atoms with Crippen molar-refractivity contribution in [1.29, 1.82) is 0 Å².